The molecule has 4 aliphatic rings. The lowest BCUT2D eigenvalue weighted by Crippen LogP contribution is -2.35. The van der Waals surface area contributed by atoms with Crippen LogP contribution in [0.5, 0.6) is 0 Å². The van der Waals surface area contributed by atoms with Crippen molar-refractivity contribution in [3.63, 3.8) is 0 Å². The normalized spacial score (nSPS) is 31.7. The highest BCUT2D eigenvalue weighted by Crippen LogP contribution is 2.42. The number of anilines is 2. The molecule has 0 amide bonds. The zero-order valence-corrected chi connectivity index (χ0v) is 19.5. The fourth-order valence-corrected chi connectivity index (χ4v) is 6.41. The van der Waals surface area contributed by atoms with Gasteiger partial charge in [0.1, 0.15) is 5.56 Å². The number of hydrogen-bond donors (Lipinski definition) is 1. The molecule has 4 atom stereocenters. The zero-order valence-electron chi connectivity index (χ0n) is 19.5. The van der Waals surface area contributed by atoms with Crippen molar-refractivity contribution in [1.82, 2.24) is 15.1 Å². The first-order chi connectivity index (χ1) is 15.8. The molecule has 3 saturated heterocycles. The van der Waals surface area contributed by atoms with Crippen LogP contribution in [0, 0.1) is 23.7 Å². The molecule has 33 heavy (non-hydrogen) atoms. The van der Waals surface area contributed by atoms with E-state index in [0.717, 1.165) is 90.4 Å². The van der Waals surface area contributed by atoms with Crippen LogP contribution < -0.4 is 10.2 Å². The number of nitrogens with one attached hydrogen (secondary N) is 1. The van der Waals surface area contributed by atoms with Crippen molar-refractivity contribution in [2.24, 2.45) is 23.7 Å². The highest BCUT2D eigenvalue weighted by Gasteiger charge is 2.43. The molecule has 1 saturated carbocycles. The van der Waals surface area contributed by atoms with Crippen LogP contribution in [0.1, 0.15) is 51.0 Å². The molecule has 4 heterocycles. The molecule has 6 nitrogen and oxygen atoms in total. The first-order valence-corrected chi connectivity index (χ1v) is 12.6. The molecule has 5 rings (SSSR count). The van der Waals surface area contributed by atoms with E-state index in [-0.39, 0.29) is 11.9 Å². The monoisotopic (exact) mass is 467 g/mol. The lowest BCUT2D eigenvalue weighted by molar-refractivity contribution is -0.137. The van der Waals surface area contributed by atoms with Crippen LogP contribution in [0.3, 0.4) is 0 Å². The van der Waals surface area contributed by atoms with Gasteiger partial charge in [-0.15, -0.1) is 10.2 Å². The SMILES string of the molecule is C[C@H]1CCCN(c2cc(C(F)(F)F)c(NC3C[C@@H]4CN(CC5CCOCC5)C[C@@H]4C3)nn2)C1. The highest BCUT2D eigenvalue weighted by atomic mass is 19.4. The molecule has 184 valence electrons. The van der Waals surface area contributed by atoms with Crippen LogP contribution in [0.2, 0.25) is 0 Å². The van der Waals surface area contributed by atoms with E-state index in [1.165, 1.54) is 6.07 Å². The van der Waals surface area contributed by atoms with Gasteiger partial charge < -0.3 is 19.9 Å². The van der Waals surface area contributed by atoms with E-state index < -0.39 is 11.7 Å². The van der Waals surface area contributed by atoms with Crippen LogP contribution in [-0.2, 0) is 10.9 Å². The number of ether oxygens (including phenoxy) is 1. The summed E-state index contributed by atoms with van der Waals surface area (Å²) in [6.07, 6.45) is 1.71. The molecule has 9 heteroatoms. The fraction of sp³-hybridized carbons (Fsp3) is 0.833. The van der Waals surface area contributed by atoms with Gasteiger partial charge in [-0.25, -0.2) is 0 Å². The van der Waals surface area contributed by atoms with E-state index in [4.69, 9.17) is 4.74 Å². The summed E-state index contributed by atoms with van der Waals surface area (Å²) in [5.74, 6) is 2.51. The zero-order chi connectivity index (χ0) is 23.0. The molecule has 1 aliphatic carbocycles. The van der Waals surface area contributed by atoms with Crippen molar-refractivity contribution < 1.29 is 17.9 Å². The molecule has 1 unspecified atom stereocenters. The summed E-state index contributed by atoms with van der Waals surface area (Å²) in [6, 6.07) is 1.22. The third-order valence-electron chi connectivity index (χ3n) is 8.09. The summed E-state index contributed by atoms with van der Waals surface area (Å²) in [5, 5.41) is 11.4. The van der Waals surface area contributed by atoms with Gasteiger partial charge in [-0.1, -0.05) is 6.92 Å². The van der Waals surface area contributed by atoms with Gasteiger partial charge in [0.15, 0.2) is 11.6 Å². The standard InChI is InChI=1S/C24H36F3N5O/c1-16-3-2-6-32(12-16)22-11-21(24(25,26)27)23(30-29-22)28-20-9-18-14-31(15-19(18)10-20)13-17-4-7-33-8-5-17/h11,16-20H,2-10,12-15H2,1H3,(H,28,30)/t16-,18-,19+,20?/m0/s1. The maximum atomic E-state index is 13.9. The first kappa shape index (κ1) is 23.1. The Hall–Kier alpha value is -1.61. The summed E-state index contributed by atoms with van der Waals surface area (Å²) in [6.45, 7) is 8.59. The number of aromatic nitrogens is 2. The van der Waals surface area contributed by atoms with E-state index in [0.29, 0.717) is 23.6 Å². The minimum Gasteiger partial charge on any atom is -0.381 e. The van der Waals surface area contributed by atoms with Crippen LogP contribution in [0.4, 0.5) is 24.8 Å². The number of piperidine rings is 1. The minimum atomic E-state index is -4.45. The number of halogens is 3. The Balaban J connectivity index is 1.21. The van der Waals surface area contributed by atoms with Gasteiger partial charge in [-0.05, 0) is 68.3 Å². The predicted octanol–water partition coefficient (Wildman–Crippen LogP) is 4.28. The van der Waals surface area contributed by atoms with Gasteiger partial charge in [-0.2, -0.15) is 13.2 Å². The second-order valence-electron chi connectivity index (χ2n) is 10.8. The largest absolute Gasteiger partial charge is 0.420 e. The molecule has 0 bridgehead atoms. The smallest absolute Gasteiger partial charge is 0.381 e. The average molecular weight is 468 g/mol. The van der Waals surface area contributed by atoms with E-state index in [1.807, 2.05) is 4.90 Å². The Kier molecular flexibility index (Phi) is 6.71. The van der Waals surface area contributed by atoms with Crippen molar-refractivity contribution in [2.75, 3.05) is 56.2 Å². The molecular formula is C24H36F3N5O. The number of hydrogen-bond acceptors (Lipinski definition) is 6. The molecule has 0 spiro atoms. The summed E-state index contributed by atoms with van der Waals surface area (Å²) >= 11 is 0. The van der Waals surface area contributed by atoms with Gasteiger partial charge in [0.05, 0.1) is 0 Å². The van der Waals surface area contributed by atoms with E-state index in [2.05, 4.69) is 27.3 Å². The third-order valence-corrected chi connectivity index (χ3v) is 8.09. The Labute approximate surface area is 194 Å². The number of fused-ring (bicyclic) bond motifs is 1. The van der Waals surface area contributed by atoms with Crippen LogP contribution in [-0.4, -0.2) is 67.1 Å². The number of likely N-dealkylation sites (tertiary alicyclic amines) is 1. The second kappa shape index (κ2) is 9.56. The first-order valence-electron chi connectivity index (χ1n) is 12.6. The lowest BCUT2D eigenvalue weighted by Gasteiger charge is -2.32. The third kappa shape index (κ3) is 5.39. The van der Waals surface area contributed by atoms with Crippen molar-refractivity contribution in [3.05, 3.63) is 11.6 Å². The van der Waals surface area contributed by atoms with Gasteiger partial charge in [-0.3, -0.25) is 0 Å². The van der Waals surface area contributed by atoms with E-state index in [1.54, 1.807) is 0 Å². The quantitative estimate of drug-likeness (QED) is 0.698. The summed E-state index contributed by atoms with van der Waals surface area (Å²) in [5.41, 5.74) is -0.691. The Morgan fingerprint density at radius 3 is 2.45 bits per heavy atom. The second-order valence-corrected chi connectivity index (χ2v) is 10.8. The van der Waals surface area contributed by atoms with Crippen molar-refractivity contribution in [1.29, 1.82) is 0 Å². The molecule has 1 N–H and O–H groups in total. The maximum absolute atomic E-state index is 13.9. The maximum Gasteiger partial charge on any atom is 0.420 e. The van der Waals surface area contributed by atoms with Crippen molar-refractivity contribution in [2.45, 2.75) is 57.7 Å². The molecule has 4 fully saturated rings. The number of nitrogens with zero attached hydrogens (tertiary/aromatic N) is 4. The topological polar surface area (TPSA) is 53.5 Å². The summed E-state index contributed by atoms with van der Waals surface area (Å²) in [7, 11) is 0. The summed E-state index contributed by atoms with van der Waals surface area (Å²) in [4.78, 5) is 4.50. The van der Waals surface area contributed by atoms with Gasteiger partial charge in [0, 0.05) is 52.0 Å². The van der Waals surface area contributed by atoms with Gasteiger partial charge in [0.25, 0.3) is 0 Å². The summed E-state index contributed by atoms with van der Waals surface area (Å²) < 4.78 is 47.2. The molecule has 0 radical (unpaired) electrons. The minimum absolute atomic E-state index is 0.0292. The molecular weight excluding hydrogens is 431 g/mol. The Morgan fingerprint density at radius 2 is 1.79 bits per heavy atom. The Morgan fingerprint density at radius 1 is 1.06 bits per heavy atom. The molecule has 1 aromatic heterocycles. The Bertz CT molecular complexity index is 802. The van der Waals surface area contributed by atoms with Crippen molar-refractivity contribution >= 4 is 11.6 Å². The molecule has 1 aromatic rings. The van der Waals surface area contributed by atoms with Crippen LogP contribution in [0.25, 0.3) is 0 Å². The van der Waals surface area contributed by atoms with E-state index in [9.17, 15) is 13.2 Å². The molecule has 3 aliphatic heterocycles. The van der Waals surface area contributed by atoms with Gasteiger partial charge in [0.2, 0.25) is 0 Å². The predicted molar refractivity (Wildman–Crippen MR) is 121 cm³/mol. The van der Waals surface area contributed by atoms with Crippen molar-refractivity contribution in [3.8, 4) is 0 Å². The lowest BCUT2D eigenvalue weighted by atomic mass is 10.00. The van der Waals surface area contributed by atoms with Gasteiger partial charge >= 0.3 is 6.18 Å². The molecule has 0 aromatic carbocycles. The number of alkyl halides is 3. The average Bonchev–Trinajstić information content (AvgIpc) is 3.32. The van der Waals surface area contributed by atoms with E-state index >= 15 is 0 Å². The number of rotatable bonds is 5. The van der Waals surface area contributed by atoms with Crippen LogP contribution in [0.15, 0.2) is 6.07 Å². The van der Waals surface area contributed by atoms with Crippen LogP contribution >= 0.6 is 0 Å². The fourth-order valence-electron chi connectivity index (χ4n) is 6.41. The highest BCUT2D eigenvalue weighted by molar-refractivity contribution is 5.53.